The molecule has 1 saturated heterocycles. The third kappa shape index (κ3) is 4.78. The first kappa shape index (κ1) is 20.7. The van der Waals surface area contributed by atoms with Gasteiger partial charge in [0.1, 0.15) is 5.75 Å². The van der Waals surface area contributed by atoms with Crippen LogP contribution in [0.2, 0.25) is 0 Å². The van der Waals surface area contributed by atoms with Gasteiger partial charge in [-0.05, 0) is 24.3 Å². The van der Waals surface area contributed by atoms with Gasteiger partial charge in [0.2, 0.25) is 5.91 Å². The van der Waals surface area contributed by atoms with Gasteiger partial charge in [0, 0.05) is 43.4 Å². The average Bonchev–Trinajstić information content (AvgIpc) is 2.67. The number of piperazine rings is 1. The number of methoxy groups -OCH3 is 1. The number of anilines is 1. The number of nitrogens with zero attached hydrogens (tertiary/aromatic N) is 1. The Balaban J connectivity index is 0.00000261. The molecule has 0 saturated carbocycles. The molecule has 0 aromatic heterocycles. The molecule has 6 nitrogen and oxygen atoms in total. The van der Waals surface area contributed by atoms with Crippen molar-refractivity contribution in [2.45, 2.75) is 13.0 Å². The summed E-state index contributed by atoms with van der Waals surface area (Å²) in [6.45, 7) is 3.45. The molecule has 2 aromatic rings. The van der Waals surface area contributed by atoms with E-state index in [1.807, 2.05) is 29.2 Å². The van der Waals surface area contributed by atoms with Gasteiger partial charge in [-0.15, -0.1) is 12.4 Å². The summed E-state index contributed by atoms with van der Waals surface area (Å²) in [7, 11) is 1.64. The van der Waals surface area contributed by atoms with Gasteiger partial charge in [-0.25, -0.2) is 0 Å². The van der Waals surface area contributed by atoms with Crippen LogP contribution in [0, 0.1) is 0 Å². The zero-order valence-electron chi connectivity index (χ0n) is 15.4. The van der Waals surface area contributed by atoms with Crippen molar-refractivity contribution < 1.29 is 14.3 Å². The maximum Gasteiger partial charge on any atom is 0.254 e. The predicted molar refractivity (Wildman–Crippen MR) is 108 cm³/mol. The second-order valence-corrected chi connectivity index (χ2v) is 6.22. The Kier molecular flexibility index (Phi) is 7.21. The Bertz CT molecular complexity index is 813. The van der Waals surface area contributed by atoms with E-state index in [9.17, 15) is 9.59 Å². The van der Waals surface area contributed by atoms with Crippen molar-refractivity contribution >= 4 is 29.9 Å². The van der Waals surface area contributed by atoms with Crippen LogP contribution < -0.4 is 15.4 Å². The number of nitrogens with one attached hydrogen (secondary N) is 2. The van der Waals surface area contributed by atoms with Gasteiger partial charge in [-0.2, -0.15) is 0 Å². The van der Waals surface area contributed by atoms with Gasteiger partial charge in [0.05, 0.1) is 13.2 Å². The van der Waals surface area contributed by atoms with Gasteiger partial charge < -0.3 is 20.3 Å². The molecule has 1 unspecified atom stereocenters. The molecule has 1 heterocycles. The third-order valence-corrected chi connectivity index (χ3v) is 4.43. The van der Waals surface area contributed by atoms with E-state index in [1.54, 1.807) is 31.4 Å². The molecule has 144 valence electrons. The minimum absolute atomic E-state index is 0. The summed E-state index contributed by atoms with van der Waals surface area (Å²) in [4.78, 5) is 26.3. The van der Waals surface area contributed by atoms with E-state index in [0.29, 0.717) is 24.3 Å². The van der Waals surface area contributed by atoms with Crippen molar-refractivity contribution in [3.8, 4) is 5.75 Å². The zero-order valence-corrected chi connectivity index (χ0v) is 16.2. The summed E-state index contributed by atoms with van der Waals surface area (Å²) in [6.07, 6.45) is 0. The Morgan fingerprint density at radius 2 is 1.96 bits per heavy atom. The molecule has 0 aliphatic carbocycles. The fourth-order valence-corrected chi connectivity index (χ4v) is 3.27. The zero-order chi connectivity index (χ0) is 18.5. The van der Waals surface area contributed by atoms with Crippen LogP contribution in [-0.4, -0.2) is 43.5 Å². The van der Waals surface area contributed by atoms with Crippen LogP contribution in [0.1, 0.15) is 28.9 Å². The number of ether oxygens (including phenoxy) is 1. The molecule has 0 spiro atoms. The van der Waals surface area contributed by atoms with Gasteiger partial charge in [0.15, 0.2) is 0 Å². The molecular weight excluding hydrogens is 366 g/mol. The number of amides is 2. The molecule has 0 radical (unpaired) electrons. The quantitative estimate of drug-likeness (QED) is 0.843. The first-order valence-corrected chi connectivity index (χ1v) is 8.62. The van der Waals surface area contributed by atoms with Gasteiger partial charge in [-0.3, -0.25) is 9.59 Å². The minimum Gasteiger partial charge on any atom is -0.496 e. The largest absolute Gasteiger partial charge is 0.496 e. The predicted octanol–water partition coefficient (Wildman–Crippen LogP) is 2.86. The second-order valence-electron chi connectivity index (χ2n) is 6.22. The maximum absolute atomic E-state index is 13.2. The number of hydrogen-bond acceptors (Lipinski definition) is 4. The van der Waals surface area contributed by atoms with E-state index in [1.165, 1.54) is 6.92 Å². The normalized spacial score (nSPS) is 16.2. The number of benzene rings is 2. The summed E-state index contributed by atoms with van der Waals surface area (Å²) in [5, 5.41) is 6.07. The maximum atomic E-state index is 13.2. The minimum atomic E-state index is -0.163. The van der Waals surface area contributed by atoms with E-state index < -0.39 is 0 Å². The van der Waals surface area contributed by atoms with Gasteiger partial charge in [-0.1, -0.05) is 24.3 Å². The van der Waals surface area contributed by atoms with Crippen molar-refractivity contribution in [3.05, 3.63) is 59.7 Å². The van der Waals surface area contributed by atoms with E-state index in [-0.39, 0.29) is 30.3 Å². The van der Waals surface area contributed by atoms with E-state index in [2.05, 4.69) is 10.6 Å². The Hall–Kier alpha value is -2.57. The number of halogens is 1. The smallest absolute Gasteiger partial charge is 0.254 e. The highest BCUT2D eigenvalue weighted by Gasteiger charge is 2.30. The highest BCUT2D eigenvalue weighted by molar-refractivity contribution is 5.97. The lowest BCUT2D eigenvalue weighted by atomic mass is 10.0. The Labute approximate surface area is 165 Å². The molecule has 2 amide bonds. The van der Waals surface area contributed by atoms with Crippen LogP contribution >= 0.6 is 12.4 Å². The second kappa shape index (κ2) is 9.39. The van der Waals surface area contributed by atoms with Crippen molar-refractivity contribution in [2.75, 3.05) is 32.1 Å². The monoisotopic (exact) mass is 389 g/mol. The summed E-state index contributed by atoms with van der Waals surface area (Å²) in [5.74, 6) is 0.546. The lowest BCUT2D eigenvalue weighted by Crippen LogP contribution is -2.48. The molecule has 1 atom stereocenters. The van der Waals surface area contributed by atoms with Crippen LogP contribution in [0.15, 0.2) is 48.5 Å². The SMILES string of the molecule is COc1ccccc1C1CNCCN1C(=O)c1cccc(NC(C)=O)c1.Cl. The van der Waals surface area contributed by atoms with E-state index >= 15 is 0 Å². The number of carbonyl (C=O) groups is 2. The molecule has 1 aliphatic heterocycles. The third-order valence-electron chi connectivity index (χ3n) is 4.43. The Morgan fingerprint density at radius 3 is 2.70 bits per heavy atom. The van der Waals surface area contributed by atoms with E-state index in [4.69, 9.17) is 4.74 Å². The summed E-state index contributed by atoms with van der Waals surface area (Å²) in [6, 6.07) is 14.7. The standard InChI is InChI=1S/C20H23N3O3.ClH/c1-14(24)22-16-7-5-6-15(12-16)20(25)23-11-10-21-13-18(23)17-8-3-4-9-19(17)26-2;/h3-9,12,18,21H,10-11,13H2,1-2H3,(H,22,24);1H. The first-order chi connectivity index (χ1) is 12.6. The first-order valence-electron chi connectivity index (χ1n) is 8.62. The fourth-order valence-electron chi connectivity index (χ4n) is 3.27. The van der Waals surface area contributed by atoms with Gasteiger partial charge in [0.25, 0.3) is 5.91 Å². The fraction of sp³-hybridized carbons (Fsp3) is 0.300. The molecular formula is C20H24ClN3O3. The average molecular weight is 390 g/mol. The van der Waals surface area contributed by atoms with Crippen LogP contribution in [0.25, 0.3) is 0 Å². The lowest BCUT2D eigenvalue weighted by molar-refractivity contribution is -0.114. The summed E-state index contributed by atoms with van der Waals surface area (Å²) < 4.78 is 5.48. The molecule has 0 bridgehead atoms. The van der Waals surface area contributed by atoms with Crippen LogP contribution in [0.4, 0.5) is 5.69 Å². The molecule has 1 aliphatic rings. The van der Waals surface area contributed by atoms with E-state index in [0.717, 1.165) is 17.9 Å². The van der Waals surface area contributed by atoms with Crippen molar-refractivity contribution in [2.24, 2.45) is 0 Å². The highest BCUT2D eigenvalue weighted by atomic mass is 35.5. The topological polar surface area (TPSA) is 70.7 Å². The van der Waals surface area contributed by atoms with Crippen molar-refractivity contribution in [1.82, 2.24) is 10.2 Å². The molecule has 2 aromatic carbocycles. The number of rotatable bonds is 4. The van der Waals surface area contributed by atoms with Crippen LogP contribution in [0.5, 0.6) is 5.75 Å². The molecule has 7 heteroatoms. The molecule has 2 N–H and O–H groups in total. The summed E-state index contributed by atoms with van der Waals surface area (Å²) >= 11 is 0. The molecule has 1 fully saturated rings. The van der Waals surface area contributed by atoms with Gasteiger partial charge >= 0.3 is 0 Å². The lowest BCUT2D eigenvalue weighted by Gasteiger charge is -2.37. The Morgan fingerprint density at radius 1 is 1.19 bits per heavy atom. The summed E-state index contributed by atoms with van der Waals surface area (Å²) in [5.41, 5.74) is 2.15. The highest BCUT2D eigenvalue weighted by Crippen LogP contribution is 2.31. The van der Waals surface area contributed by atoms with Crippen LogP contribution in [-0.2, 0) is 4.79 Å². The van der Waals surface area contributed by atoms with Crippen molar-refractivity contribution in [3.63, 3.8) is 0 Å². The van der Waals surface area contributed by atoms with Crippen molar-refractivity contribution in [1.29, 1.82) is 0 Å². The van der Waals surface area contributed by atoms with Crippen LogP contribution in [0.3, 0.4) is 0 Å². The number of hydrogen-bond donors (Lipinski definition) is 2. The molecule has 27 heavy (non-hydrogen) atoms. The molecule has 3 rings (SSSR count). The number of para-hydroxylation sites is 1. The number of carbonyl (C=O) groups excluding carboxylic acids is 2.